The summed E-state index contributed by atoms with van der Waals surface area (Å²) in [7, 11) is 0. The first-order valence-electron chi connectivity index (χ1n) is 14.0. The van der Waals surface area contributed by atoms with Gasteiger partial charge in [-0.3, -0.25) is 19.2 Å². The number of nitrogens with one attached hydrogen (secondary N) is 1. The highest BCUT2D eigenvalue weighted by Crippen LogP contribution is 2.57. The van der Waals surface area contributed by atoms with E-state index in [1.165, 1.54) is 4.90 Å². The number of amides is 3. The van der Waals surface area contributed by atoms with Gasteiger partial charge in [0.2, 0.25) is 17.7 Å². The van der Waals surface area contributed by atoms with Gasteiger partial charge in [0.25, 0.3) is 0 Å². The predicted octanol–water partition coefficient (Wildman–Crippen LogP) is 1.51. The molecule has 1 aromatic carbocycles. The zero-order valence-electron chi connectivity index (χ0n) is 23.1. The van der Waals surface area contributed by atoms with Crippen molar-refractivity contribution in [3.8, 4) is 0 Å². The number of carbonyl (C=O) groups excluding carboxylic acids is 4. The largest absolute Gasteiger partial charge is 0.460 e. The van der Waals surface area contributed by atoms with Crippen molar-refractivity contribution in [1.29, 1.82) is 0 Å². The fourth-order valence-corrected chi connectivity index (χ4v) is 6.42. The minimum atomic E-state index is -1.38. The van der Waals surface area contributed by atoms with Gasteiger partial charge in [0.1, 0.15) is 23.7 Å². The molecule has 10 heteroatoms. The molecule has 1 spiro atoms. The number of esters is 1. The van der Waals surface area contributed by atoms with Crippen molar-refractivity contribution < 1.29 is 33.8 Å². The smallest absolute Gasteiger partial charge is 0.313 e. The fraction of sp³-hybridized carbons (Fsp3) is 0.533. The fourth-order valence-electron chi connectivity index (χ4n) is 6.42. The van der Waals surface area contributed by atoms with Gasteiger partial charge in [-0.25, -0.2) is 0 Å². The Morgan fingerprint density at radius 2 is 1.85 bits per heavy atom. The molecule has 0 aromatic heterocycles. The lowest BCUT2D eigenvalue weighted by molar-refractivity contribution is -0.159. The van der Waals surface area contributed by atoms with E-state index in [4.69, 9.17) is 9.47 Å². The Balaban J connectivity index is 1.61. The summed E-state index contributed by atoms with van der Waals surface area (Å²) >= 11 is 0. The molecule has 2 saturated heterocycles. The van der Waals surface area contributed by atoms with Gasteiger partial charge >= 0.3 is 5.97 Å². The van der Waals surface area contributed by atoms with Crippen LogP contribution in [0.4, 0.5) is 0 Å². The zero-order valence-corrected chi connectivity index (χ0v) is 23.1. The van der Waals surface area contributed by atoms with Crippen LogP contribution in [-0.2, 0) is 28.7 Å². The van der Waals surface area contributed by atoms with E-state index in [0.717, 1.165) is 0 Å². The Hall–Kier alpha value is -3.50. The summed E-state index contributed by atoms with van der Waals surface area (Å²) in [4.78, 5) is 57.7. The molecule has 1 aromatic rings. The number of cyclic esters (lactones) is 1. The summed E-state index contributed by atoms with van der Waals surface area (Å²) in [6.45, 7) is 5.46. The van der Waals surface area contributed by atoms with Crippen molar-refractivity contribution in [3.05, 3.63) is 60.2 Å². The first-order chi connectivity index (χ1) is 19.2. The molecule has 10 nitrogen and oxygen atoms in total. The minimum absolute atomic E-state index is 0.140. The topological polar surface area (TPSA) is 125 Å². The van der Waals surface area contributed by atoms with Gasteiger partial charge in [0, 0.05) is 19.0 Å². The molecule has 4 aliphatic heterocycles. The number of aliphatic hydroxyl groups is 1. The Morgan fingerprint density at radius 1 is 1.10 bits per heavy atom. The van der Waals surface area contributed by atoms with E-state index in [1.807, 2.05) is 44.2 Å². The van der Waals surface area contributed by atoms with Crippen LogP contribution in [0.25, 0.3) is 0 Å². The number of ether oxygens (including phenoxy) is 2. The van der Waals surface area contributed by atoms with E-state index >= 15 is 0 Å². The van der Waals surface area contributed by atoms with Crippen LogP contribution in [0.2, 0.25) is 0 Å². The molecule has 5 bridgehead atoms. The highest BCUT2D eigenvalue weighted by atomic mass is 16.6. The van der Waals surface area contributed by atoms with Gasteiger partial charge < -0.3 is 29.7 Å². The summed E-state index contributed by atoms with van der Waals surface area (Å²) in [6, 6.07) is 6.93. The molecule has 4 heterocycles. The van der Waals surface area contributed by atoms with Crippen LogP contribution in [0.5, 0.6) is 0 Å². The quantitative estimate of drug-likeness (QED) is 0.429. The van der Waals surface area contributed by atoms with E-state index in [9.17, 15) is 24.3 Å². The third-order valence-electron chi connectivity index (χ3n) is 8.33. The highest BCUT2D eigenvalue weighted by Gasteiger charge is 2.74. The van der Waals surface area contributed by atoms with Crippen molar-refractivity contribution in [1.82, 2.24) is 15.1 Å². The predicted molar refractivity (Wildman–Crippen MR) is 144 cm³/mol. The van der Waals surface area contributed by atoms with Crippen molar-refractivity contribution in [3.63, 3.8) is 0 Å². The molecular weight excluding hydrogens is 514 g/mol. The summed E-state index contributed by atoms with van der Waals surface area (Å²) in [6.07, 6.45) is 6.58. The van der Waals surface area contributed by atoms with Crippen molar-refractivity contribution in [2.24, 2.45) is 11.8 Å². The first-order valence-corrected chi connectivity index (χ1v) is 14.0. The summed E-state index contributed by atoms with van der Waals surface area (Å²) < 4.78 is 12.1. The number of aliphatic hydroxyl groups excluding tert-OH is 1. The minimum Gasteiger partial charge on any atom is -0.460 e. The third kappa shape index (κ3) is 4.73. The molecular formula is C30H37N3O7. The zero-order chi connectivity index (χ0) is 28.6. The molecule has 0 radical (unpaired) electrons. The van der Waals surface area contributed by atoms with Crippen molar-refractivity contribution in [2.75, 3.05) is 19.7 Å². The van der Waals surface area contributed by atoms with Crippen LogP contribution in [0, 0.1) is 11.8 Å². The van der Waals surface area contributed by atoms with Crippen LogP contribution in [-0.4, -0.2) is 88.2 Å². The summed E-state index contributed by atoms with van der Waals surface area (Å²) in [5, 5.41) is 13.4. The average Bonchev–Trinajstić information content (AvgIpc) is 3.57. The number of rotatable bonds is 4. The second kappa shape index (κ2) is 11.2. The van der Waals surface area contributed by atoms with Gasteiger partial charge in [-0.05, 0) is 32.8 Å². The molecule has 2 N–H and O–H groups in total. The van der Waals surface area contributed by atoms with Crippen LogP contribution in [0.3, 0.4) is 0 Å². The van der Waals surface area contributed by atoms with Crippen molar-refractivity contribution in [2.45, 2.75) is 69.5 Å². The van der Waals surface area contributed by atoms with Crippen molar-refractivity contribution >= 4 is 23.7 Å². The molecule has 5 rings (SSSR count). The first kappa shape index (κ1) is 28.0. The molecule has 214 valence electrons. The molecule has 7 atom stereocenters. The van der Waals surface area contributed by atoms with Crippen LogP contribution >= 0.6 is 0 Å². The number of carbonyl (C=O) groups is 4. The van der Waals surface area contributed by atoms with E-state index in [-0.39, 0.29) is 37.4 Å². The normalized spacial score (nSPS) is 34.2. The van der Waals surface area contributed by atoms with Crippen LogP contribution in [0.15, 0.2) is 54.6 Å². The standard InChI is InChI=1S/C30H37N3O7/c1-18(2)32-15-9-5-8-12-23(35)31-16-19(3)39-29(38)24-22-13-14-30(40-22)25(24)27(36)33(26(30)28(32)37)21(17-34)20-10-6-4-7-11-20/h4-7,9-11,13-14,18-19,21-22,24-26,34H,8,12,15-17H2,1-3H3,(H,31,35)/b9-5-/t19-,21+,22+,24-,25-,26+,30-/m0/s1. The van der Waals surface area contributed by atoms with Gasteiger partial charge in [-0.15, -0.1) is 0 Å². The second-order valence-corrected chi connectivity index (χ2v) is 11.2. The van der Waals surface area contributed by atoms with Gasteiger partial charge in [0.05, 0.1) is 31.2 Å². The van der Waals surface area contributed by atoms with E-state index in [2.05, 4.69) is 5.32 Å². The number of hydrogen-bond donors (Lipinski definition) is 2. The number of fused-ring (bicyclic) bond motifs is 2. The number of nitrogens with zero attached hydrogens (tertiary/aromatic N) is 2. The van der Waals surface area contributed by atoms with Gasteiger partial charge in [0.15, 0.2) is 0 Å². The number of hydrogen-bond acceptors (Lipinski definition) is 7. The van der Waals surface area contributed by atoms with Gasteiger partial charge in [-0.1, -0.05) is 54.6 Å². The van der Waals surface area contributed by atoms with Crippen LogP contribution in [0.1, 0.15) is 45.2 Å². The maximum atomic E-state index is 14.5. The lowest BCUT2D eigenvalue weighted by Gasteiger charge is -2.40. The Bertz CT molecular complexity index is 1210. The molecule has 40 heavy (non-hydrogen) atoms. The maximum absolute atomic E-state index is 14.5. The monoisotopic (exact) mass is 551 g/mol. The lowest BCUT2D eigenvalue weighted by Crippen LogP contribution is -2.58. The number of allylic oxidation sites excluding steroid dienone is 1. The third-order valence-corrected chi connectivity index (χ3v) is 8.33. The second-order valence-electron chi connectivity index (χ2n) is 11.2. The highest BCUT2D eigenvalue weighted by molar-refractivity contribution is 5.99. The molecule has 0 aliphatic carbocycles. The molecule has 0 saturated carbocycles. The van der Waals surface area contributed by atoms with E-state index < -0.39 is 60.2 Å². The Labute approximate surface area is 234 Å². The Kier molecular flexibility index (Phi) is 7.83. The number of likely N-dealkylation sites (tertiary alicyclic amines) is 1. The van der Waals surface area contributed by atoms with Gasteiger partial charge in [-0.2, -0.15) is 0 Å². The SMILES string of the molecule is CC(C)N1C/C=C\CCC(=O)NC[C@H](C)OC(=O)[C@@H]2[C@H]3C(=O)N([C@H](CO)c4ccccc4)[C@H](C1=O)[C@]31C=C[C@H]2O1. The Morgan fingerprint density at radius 3 is 2.55 bits per heavy atom. The molecule has 4 aliphatic rings. The molecule has 2 fully saturated rings. The van der Waals surface area contributed by atoms with E-state index in [0.29, 0.717) is 12.0 Å². The lowest BCUT2D eigenvalue weighted by atomic mass is 9.74. The molecule has 0 unspecified atom stereocenters. The van der Waals surface area contributed by atoms with Crippen LogP contribution < -0.4 is 5.32 Å². The maximum Gasteiger partial charge on any atom is 0.313 e. The summed E-state index contributed by atoms with van der Waals surface area (Å²) in [5.74, 6) is -3.51. The molecule has 3 amide bonds. The average molecular weight is 552 g/mol. The summed E-state index contributed by atoms with van der Waals surface area (Å²) in [5.41, 5.74) is -0.708. The number of benzene rings is 1. The van der Waals surface area contributed by atoms with E-state index in [1.54, 1.807) is 36.1 Å².